The Morgan fingerprint density at radius 1 is 1.13 bits per heavy atom. The molecule has 116 valence electrons. The molecule has 2 aromatic rings. The second-order valence-electron chi connectivity index (χ2n) is 5.58. The maximum Gasteiger partial charge on any atom is 0.319 e. The summed E-state index contributed by atoms with van der Waals surface area (Å²) in [5.74, 6) is 0.798. The Morgan fingerprint density at radius 3 is 2.30 bits per heavy atom. The van der Waals surface area contributed by atoms with Gasteiger partial charge in [-0.3, -0.25) is 0 Å². The summed E-state index contributed by atoms with van der Waals surface area (Å²) < 4.78 is 5.16. The molecule has 2 aromatic carbocycles. The fraction of sp³-hybridized carbons (Fsp3) is 0.222. The molecule has 0 aliphatic heterocycles. The Labute approximate surface area is 134 Å². The number of carbonyl (C=O) groups is 1. The lowest BCUT2D eigenvalue weighted by Crippen LogP contribution is -2.38. The van der Waals surface area contributed by atoms with Crippen LogP contribution in [0, 0.1) is 11.3 Å². The Bertz CT molecular complexity index is 741. The van der Waals surface area contributed by atoms with Crippen LogP contribution >= 0.6 is 0 Å². The first kappa shape index (κ1) is 14.9. The molecule has 0 atom stereocenters. The standard InChI is InChI=1S/C18H17N3O2/c1-23-16-8-4-14(5-9-16)18(10-11-18)21-17(22)20-15-6-2-13(12-19)3-7-15/h2-9H,10-11H2,1H3,(H2,20,21,22). The van der Waals surface area contributed by atoms with Crippen LogP contribution in [0.1, 0.15) is 24.0 Å². The molecule has 0 bridgehead atoms. The normalized spacial score (nSPS) is 14.4. The minimum absolute atomic E-state index is 0.247. The fourth-order valence-electron chi connectivity index (χ4n) is 2.53. The molecule has 1 aliphatic carbocycles. The van der Waals surface area contributed by atoms with Crippen LogP contribution in [0.5, 0.6) is 5.75 Å². The van der Waals surface area contributed by atoms with Crippen LogP contribution in [-0.4, -0.2) is 13.1 Å². The van der Waals surface area contributed by atoms with Crippen molar-refractivity contribution in [2.75, 3.05) is 12.4 Å². The largest absolute Gasteiger partial charge is 0.497 e. The Kier molecular flexibility index (Phi) is 3.90. The van der Waals surface area contributed by atoms with Gasteiger partial charge in [-0.1, -0.05) is 12.1 Å². The average molecular weight is 307 g/mol. The topological polar surface area (TPSA) is 74.2 Å². The number of urea groups is 1. The number of carbonyl (C=O) groups excluding carboxylic acids is 1. The van der Waals surface area contributed by atoms with Gasteiger partial charge in [-0.05, 0) is 54.8 Å². The first-order valence-electron chi connectivity index (χ1n) is 7.39. The molecule has 1 saturated carbocycles. The number of nitrogens with one attached hydrogen (secondary N) is 2. The number of hydrogen-bond donors (Lipinski definition) is 2. The molecule has 5 nitrogen and oxygen atoms in total. The molecule has 0 radical (unpaired) electrons. The summed E-state index contributed by atoms with van der Waals surface area (Å²) in [6.07, 6.45) is 1.83. The SMILES string of the molecule is COc1ccc(C2(NC(=O)Nc3ccc(C#N)cc3)CC2)cc1. The molecule has 5 heteroatoms. The van der Waals surface area contributed by atoms with Crippen LogP contribution in [0.2, 0.25) is 0 Å². The Morgan fingerprint density at radius 2 is 1.78 bits per heavy atom. The van der Waals surface area contributed by atoms with Crippen molar-refractivity contribution in [1.82, 2.24) is 5.32 Å². The first-order valence-corrected chi connectivity index (χ1v) is 7.39. The van der Waals surface area contributed by atoms with Crippen molar-refractivity contribution in [2.24, 2.45) is 0 Å². The van der Waals surface area contributed by atoms with E-state index in [0.717, 1.165) is 24.2 Å². The summed E-state index contributed by atoms with van der Waals surface area (Å²) in [6.45, 7) is 0. The fourth-order valence-corrected chi connectivity index (χ4v) is 2.53. The van der Waals surface area contributed by atoms with Gasteiger partial charge in [0, 0.05) is 5.69 Å². The van der Waals surface area contributed by atoms with Crippen molar-refractivity contribution in [2.45, 2.75) is 18.4 Å². The van der Waals surface area contributed by atoms with Gasteiger partial charge >= 0.3 is 6.03 Å². The van der Waals surface area contributed by atoms with Crippen LogP contribution in [0.3, 0.4) is 0 Å². The van der Waals surface area contributed by atoms with Crippen molar-refractivity contribution in [3.63, 3.8) is 0 Å². The van der Waals surface area contributed by atoms with Gasteiger partial charge in [-0.25, -0.2) is 4.79 Å². The second kappa shape index (κ2) is 6.01. The van der Waals surface area contributed by atoms with Gasteiger partial charge in [0.2, 0.25) is 0 Å². The van der Waals surface area contributed by atoms with Crippen LogP contribution in [0.4, 0.5) is 10.5 Å². The number of amides is 2. The molecule has 1 fully saturated rings. The Hall–Kier alpha value is -3.00. The highest BCUT2D eigenvalue weighted by Crippen LogP contribution is 2.45. The molecule has 1 aliphatic rings. The van der Waals surface area contributed by atoms with Crippen molar-refractivity contribution in [3.05, 3.63) is 59.7 Å². The van der Waals surface area contributed by atoms with Crippen molar-refractivity contribution in [1.29, 1.82) is 5.26 Å². The van der Waals surface area contributed by atoms with E-state index in [0.29, 0.717) is 11.3 Å². The van der Waals surface area contributed by atoms with Crippen LogP contribution in [-0.2, 0) is 5.54 Å². The van der Waals surface area contributed by atoms with Gasteiger partial charge in [-0.15, -0.1) is 0 Å². The number of nitriles is 1. The van der Waals surface area contributed by atoms with E-state index in [4.69, 9.17) is 10.00 Å². The Balaban J connectivity index is 1.65. The van der Waals surface area contributed by atoms with Crippen LogP contribution < -0.4 is 15.4 Å². The molecular weight excluding hydrogens is 290 g/mol. The number of hydrogen-bond acceptors (Lipinski definition) is 3. The molecule has 23 heavy (non-hydrogen) atoms. The summed E-state index contributed by atoms with van der Waals surface area (Å²) in [5.41, 5.74) is 2.01. The van der Waals surface area contributed by atoms with Gasteiger partial charge in [0.05, 0.1) is 24.3 Å². The maximum atomic E-state index is 12.2. The molecule has 0 spiro atoms. The third-order valence-electron chi connectivity index (χ3n) is 4.02. The van der Waals surface area contributed by atoms with E-state index < -0.39 is 0 Å². The van der Waals surface area contributed by atoms with E-state index in [9.17, 15) is 4.79 Å². The predicted octanol–water partition coefficient (Wildman–Crippen LogP) is 3.38. The highest BCUT2D eigenvalue weighted by molar-refractivity contribution is 5.90. The average Bonchev–Trinajstić information content (AvgIpc) is 3.36. The van der Waals surface area contributed by atoms with E-state index in [2.05, 4.69) is 10.6 Å². The molecule has 0 heterocycles. The number of rotatable bonds is 4. The molecular formula is C18H17N3O2. The van der Waals surface area contributed by atoms with Crippen LogP contribution in [0.15, 0.2) is 48.5 Å². The number of ether oxygens (including phenoxy) is 1. The van der Waals surface area contributed by atoms with Gasteiger partial charge in [0.25, 0.3) is 0 Å². The van der Waals surface area contributed by atoms with E-state index in [1.54, 1.807) is 31.4 Å². The molecule has 0 unspecified atom stereocenters. The number of methoxy groups -OCH3 is 1. The van der Waals surface area contributed by atoms with Gasteiger partial charge in [0.15, 0.2) is 0 Å². The highest BCUT2D eigenvalue weighted by Gasteiger charge is 2.45. The first-order chi connectivity index (χ1) is 11.1. The number of anilines is 1. The lowest BCUT2D eigenvalue weighted by molar-refractivity contribution is 0.247. The molecule has 3 rings (SSSR count). The minimum atomic E-state index is -0.289. The monoisotopic (exact) mass is 307 g/mol. The van der Waals surface area contributed by atoms with Gasteiger partial charge in [0.1, 0.15) is 5.75 Å². The number of benzene rings is 2. The molecule has 2 amide bonds. The van der Waals surface area contributed by atoms with Gasteiger partial charge in [-0.2, -0.15) is 5.26 Å². The molecule has 0 saturated heterocycles. The van der Waals surface area contributed by atoms with E-state index >= 15 is 0 Å². The molecule has 0 aromatic heterocycles. The van der Waals surface area contributed by atoms with Crippen LogP contribution in [0.25, 0.3) is 0 Å². The van der Waals surface area contributed by atoms with E-state index in [1.165, 1.54) is 0 Å². The van der Waals surface area contributed by atoms with E-state index in [1.807, 2.05) is 30.3 Å². The van der Waals surface area contributed by atoms with Crippen molar-refractivity contribution in [3.8, 4) is 11.8 Å². The van der Waals surface area contributed by atoms with Crippen molar-refractivity contribution >= 4 is 11.7 Å². The van der Waals surface area contributed by atoms with Crippen molar-refractivity contribution < 1.29 is 9.53 Å². The maximum absolute atomic E-state index is 12.2. The predicted molar refractivity (Wildman–Crippen MR) is 87.2 cm³/mol. The smallest absolute Gasteiger partial charge is 0.319 e. The summed E-state index contributed by atoms with van der Waals surface area (Å²) in [6, 6.07) is 16.3. The third-order valence-corrected chi connectivity index (χ3v) is 4.02. The summed E-state index contributed by atoms with van der Waals surface area (Å²) in [7, 11) is 1.63. The lowest BCUT2D eigenvalue weighted by Gasteiger charge is -2.19. The highest BCUT2D eigenvalue weighted by atomic mass is 16.5. The zero-order chi connectivity index (χ0) is 16.3. The lowest BCUT2D eigenvalue weighted by atomic mass is 10.1. The molecule has 2 N–H and O–H groups in total. The zero-order valence-electron chi connectivity index (χ0n) is 12.8. The van der Waals surface area contributed by atoms with E-state index in [-0.39, 0.29) is 11.6 Å². The third kappa shape index (κ3) is 3.27. The summed E-state index contributed by atoms with van der Waals surface area (Å²) in [4.78, 5) is 12.2. The second-order valence-corrected chi connectivity index (χ2v) is 5.58. The summed E-state index contributed by atoms with van der Waals surface area (Å²) in [5, 5.41) is 14.6. The zero-order valence-corrected chi connectivity index (χ0v) is 12.8. The summed E-state index contributed by atoms with van der Waals surface area (Å²) >= 11 is 0. The number of nitrogens with zero attached hydrogens (tertiary/aromatic N) is 1. The minimum Gasteiger partial charge on any atom is -0.497 e. The quantitative estimate of drug-likeness (QED) is 0.909. The van der Waals surface area contributed by atoms with Gasteiger partial charge < -0.3 is 15.4 Å².